The summed E-state index contributed by atoms with van der Waals surface area (Å²) >= 11 is 0. The minimum atomic E-state index is -0.228. The highest BCUT2D eigenvalue weighted by Crippen LogP contribution is 2.18. The lowest BCUT2D eigenvalue weighted by Crippen LogP contribution is -2.35. The fourth-order valence-electron chi connectivity index (χ4n) is 2.15. The first-order valence-electron chi connectivity index (χ1n) is 5.47. The molecular formula is C11H16NO4+. The molecule has 0 amide bonds. The van der Waals surface area contributed by atoms with Crippen LogP contribution in [0.5, 0.6) is 0 Å². The summed E-state index contributed by atoms with van der Waals surface area (Å²) in [6, 6.07) is -0.228. The minimum absolute atomic E-state index is 0.215. The predicted octanol–water partition coefficient (Wildman–Crippen LogP) is 0.943. The van der Waals surface area contributed by atoms with Crippen LogP contribution in [-0.2, 0) is 14.3 Å². The monoisotopic (exact) mass is 226 g/mol. The van der Waals surface area contributed by atoms with E-state index >= 15 is 0 Å². The molecule has 0 spiro atoms. The van der Waals surface area contributed by atoms with E-state index in [-0.39, 0.29) is 17.8 Å². The number of ether oxygens (including phenoxy) is 2. The molecule has 2 rings (SSSR count). The lowest BCUT2D eigenvalue weighted by Gasteiger charge is -2.13. The number of nitrogens with zero attached hydrogens (tertiary/aromatic N) is 1. The summed E-state index contributed by atoms with van der Waals surface area (Å²) in [6.45, 7) is 0.809. The lowest BCUT2D eigenvalue weighted by atomic mass is 10.2. The highest BCUT2D eigenvalue weighted by Gasteiger charge is 2.39. The van der Waals surface area contributed by atoms with Crippen LogP contribution in [-0.4, -0.2) is 41.2 Å². The number of aliphatic hydroxyl groups is 1. The van der Waals surface area contributed by atoms with Crippen LogP contribution < -0.4 is 0 Å². The van der Waals surface area contributed by atoms with Crippen molar-refractivity contribution in [3.63, 3.8) is 0 Å². The fraction of sp³-hybridized carbons (Fsp3) is 0.636. The number of hydrogen-bond acceptors (Lipinski definition) is 4. The number of methoxy groups -OCH3 is 1. The van der Waals surface area contributed by atoms with Crippen molar-refractivity contribution in [1.29, 1.82) is 0 Å². The van der Waals surface area contributed by atoms with Crippen LogP contribution in [0.25, 0.3) is 0 Å². The zero-order valence-corrected chi connectivity index (χ0v) is 9.31. The van der Waals surface area contributed by atoms with Crippen LogP contribution in [0.15, 0.2) is 12.0 Å². The maximum atomic E-state index is 11.5. The standard InChI is InChI=1S/C11H15NO4/c1-15-11(14)9-3-2-6-12(9)10-5-4-8(13)7-16-10/h7,9H,2-6H2,1H3/p+1. The first kappa shape index (κ1) is 11.0. The van der Waals surface area contributed by atoms with Crippen LogP contribution in [0, 0.1) is 0 Å². The van der Waals surface area contributed by atoms with Crippen molar-refractivity contribution < 1.29 is 24.0 Å². The highest BCUT2D eigenvalue weighted by atomic mass is 16.5. The van der Waals surface area contributed by atoms with Gasteiger partial charge in [-0.1, -0.05) is 0 Å². The number of rotatable bonds is 1. The van der Waals surface area contributed by atoms with Crippen molar-refractivity contribution in [2.45, 2.75) is 31.7 Å². The molecular weight excluding hydrogens is 210 g/mol. The van der Waals surface area contributed by atoms with Crippen molar-refractivity contribution in [1.82, 2.24) is 0 Å². The highest BCUT2D eigenvalue weighted by molar-refractivity contribution is 5.78. The van der Waals surface area contributed by atoms with Crippen LogP contribution in [0.4, 0.5) is 0 Å². The van der Waals surface area contributed by atoms with E-state index in [1.54, 1.807) is 0 Å². The molecule has 2 aliphatic rings. The summed E-state index contributed by atoms with van der Waals surface area (Å²) in [7, 11) is 1.40. The van der Waals surface area contributed by atoms with Crippen LogP contribution in [0.3, 0.4) is 0 Å². The maximum Gasteiger partial charge on any atom is 0.375 e. The molecule has 5 nitrogen and oxygen atoms in total. The second-order valence-corrected chi connectivity index (χ2v) is 4.00. The summed E-state index contributed by atoms with van der Waals surface area (Å²) in [4.78, 5) is 11.5. The smallest absolute Gasteiger partial charge is 0.375 e. The van der Waals surface area contributed by atoms with Gasteiger partial charge in [0.05, 0.1) is 13.5 Å². The molecule has 5 heteroatoms. The molecule has 0 aromatic heterocycles. The van der Waals surface area contributed by atoms with Gasteiger partial charge in [0.2, 0.25) is 0 Å². The van der Waals surface area contributed by atoms with Gasteiger partial charge in [0.1, 0.15) is 18.6 Å². The first-order chi connectivity index (χ1) is 7.72. The zero-order chi connectivity index (χ0) is 11.5. The predicted molar refractivity (Wildman–Crippen MR) is 56.2 cm³/mol. The molecule has 0 saturated carbocycles. The molecule has 1 N–H and O–H groups in total. The van der Waals surface area contributed by atoms with Gasteiger partial charge < -0.3 is 14.6 Å². The summed E-state index contributed by atoms with van der Waals surface area (Å²) in [6.07, 6.45) is 4.30. The lowest BCUT2D eigenvalue weighted by molar-refractivity contribution is -0.541. The van der Waals surface area contributed by atoms with E-state index in [1.165, 1.54) is 13.4 Å². The Morgan fingerprint density at radius 2 is 2.44 bits per heavy atom. The Morgan fingerprint density at radius 1 is 1.62 bits per heavy atom. The Labute approximate surface area is 94.0 Å². The summed E-state index contributed by atoms with van der Waals surface area (Å²) in [5, 5.41) is 9.20. The summed E-state index contributed by atoms with van der Waals surface area (Å²) in [5.41, 5.74) is 0. The topological polar surface area (TPSA) is 58.8 Å². The molecule has 0 aromatic carbocycles. The molecule has 16 heavy (non-hydrogen) atoms. The van der Waals surface area contributed by atoms with E-state index in [0.717, 1.165) is 25.3 Å². The van der Waals surface area contributed by atoms with Crippen molar-refractivity contribution >= 4 is 11.9 Å². The van der Waals surface area contributed by atoms with Crippen LogP contribution >= 0.6 is 0 Å². The van der Waals surface area contributed by atoms with E-state index in [0.29, 0.717) is 12.8 Å². The number of esters is 1. The number of carbonyl (C=O) groups excluding carboxylic acids is 1. The third-order valence-corrected chi connectivity index (χ3v) is 2.97. The molecule has 1 atom stereocenters. The van der Waals surface area contributed by atoms with Crippen molar-refractivity contribution in [3.8, 4) is 0 Å². The van der Waals surface area contributed by atoms with Gasteiger partial charge in [-0.05, 0) is 0 Å². The Bertz CT molecular complexity index is 359. The Hall–Kier alpha value is -1.52. The van der Waals surface area contributed by atoms with Gasteiger partial charge in [-0.15, -0.1) is 0 Å². The largest absolute Gasteiger partial charge is 0.509 e. The molecule has 0 bridgehead atoms. The van der Waals surface area contributed by atoms with Gasteiger partial charge in [-0.25, -0.2) is 4.79 Å². The second-order valence-electron chi connectivity index (χ2n) is 4.00. The van der Waals surface area contributed by atoms with E-state index in [4.69, 9.17) is 9.47 Å². The number of carbonyl (C=O) groups is 1. The number of aliphatic hydroxyl groups excluding tert-OH is 1. The zero-order valence-electron chi connectivity index (χ0n) is 9.31. The molecule has 0 aromatic rings. The number of hydrogen-bond donors (Lipinski definition) is 1. The molecule has 0 radical (unpaired) electrons. The summed E-state index contributed by atoms with van der Waals surface area (Å²) < 4.78 is 12.0. The second kappa shape index (κ2) is 4.55. The number of allylic oxidation sites excluding steroid dienone is 1. The third-order valence-electron chi connectivity index (χ3n) is 2.97. The van der Waals surface area contributed by atoms with E-state index in [1.807, 2.05) is 4.58 Å². The van der Waals surface area contributed by atoms with Gasteiger partial charge in [0, 0.05) is 19.3 Å². The normalized spacial score (nSPS) is 29.6. The van der Waals surface area contributed by atoms with Gasteiger partial charge in [0.25, 0.3) is 6.04 Å². The SMILES string of the molecule is COC(=O)C1CCC[N+]1=C1CCC(O)=CO1. The average Bonchev–Trinajstić information content (AvgIpc) is 2.78. The van der Waals surface area contributed by atoms with Gasteiger partial charge in [0.15, 0.2) is 0 Å². The molecule has 2 aliphatic heterocycles. The Morgan fingerprint density at radius 3 is 3.06 bits per heavy atom. The van der Waals surface area contributed by atoms with E-state index < -0.39 is 0 Å². The van der Waals surface area contributed by atoms with Crippen molar-refractivity contribution in [2.75, 3.05) is 13.7 Å². The average molecular weight is 226 g/mol. The quantitative estimate of drug-likeness (QED) is 0.534. The van der Waals surface area contributed by atoms with E-state index in [9.17, 15) is 9.90 Å². The molecule has 1 unspecified atom stereocenters. The van der Waals surface area contributed by atoms with Gasteiger partial charge in [-0.2, -0.15) is 4.58 Å². The molecule has 1 saturated heterocycles. The van der Waals surface area contributed by atoms with Gasteiger partial charge >= 0.3 is 11.9 Å². The fourth-order valence-corrected chi connectivity index (χ4v) is 2.15. The molecule has 1 fully saturated rings. The van der Waals surface area contributed by atoms with E-state index in [2.05, 4.69) is 0 Å². The maximum absolute atomic E-state index is 11.5. The molecule has 88 valence electrons. The Balaban J connectivity index is 2.19. The van der Waals surface area contributed by atoms with Crippen LogP contribution in [0.2, 0.25) is 0 Å². The molecule has 0 aliphatic carbocycles. The van der Waals surface area contributed by atoms with Crippen molar-refractivity contribution in [3.05, 3.63) is 12.0 Å². The molecule has 2 heterocycles. The van der Waals surface area contributed by atoms with Gasteiger partial charge in [-0.3, -0.25) is 0 Å². The third kappa shape index (κ3) is 2.03. The summed E-state index contributed by atoms with van der Waals surface area (Å²) in [5.74, 6) is 0.788. The first-order valence-corrected chi connectivity index (χ1v) is 5.47. The Kier molecular flexibility index (Phi) is 3.12. The minimum Gasteiger partial charge on any atom is -0.509 e. The van der Waals surface area contributed by atoms with Crippen LogP contribution in [0.1, 0.15) is 25.7 Å². The van der Waals surface area contributed by atoms with Crippen molar-refractivity contribution in [2.24, 2.45) is 0 Å².